The van der Waals surface area contributed by atoms with Gasteiger partial charge in [0, 0.05) is 19.6 Å². The van der Waals surface area contributed by atoms with E-state index in [4.69, 9.17) is 9.84 Å². The maximum absolute atomic E-state index is 12.0. The van der Waals surface area contributed by atoms with E-state index >= 15 is 0 Å². The third-order valence-electron chi connectivity index (χ3n) is 2.01. The van der Waals surface area contributed by atoms with Crippen LogP contribution in [0.15, 0.2) is 0 Å². The van der Waals surface area contributed by atoms with Crippen LogP contribution >= 0.6 is 0 Å². The largest absolute Gasteiger partial charge is 0.394 e. The molecule has 2 unspecified atom stereocenters. The van der Waals surface area contributed by atoms with Crippen molar-refractivity contribution in [2.24, 2.45) is 0 Å². The van der Waals surface area contributed by atoms with Crippen LogP contribution in [-0.4, -0.2) is 55.1 Å². The van der Waals surface area contributed by atoms with Crippen molar-refractivity contribution in [1.29, 1.82) is 0 Å². The molecule has 12 heavy (non-hydrogen) atoms. The molecule has 1 aliphatic rings. The van der Waals surface area contributed by atoms with Crippen LogP contribution in [0, 0.1) is 0 Å². The second-order valence-electron chi connectivity index (χ2n) is 3.20. The zero-order valence-corrected chi connectivity index (χ0v) is 7.37. The monoisotopic (exact) mass is 177 g/mol. The minimum Gasteiger partial charge on any atom is -0.394 e. The second kappa shape index (κ2) is 4.74. The minimum atomic E-state index is -0.329. The van der Waals surface area contributed by atoms with Gasteiger partial charge < -0.3 is 9.84 Å². The molecule has 2 atom stereocenters. The number of rotatable bonds is 3. The molecule has 72 valence electrons. The van der Waals surface area contributed by atoms with Crippen molar-refractivity contribution in [2.75, 3.05) is 32.9 Å². The highest BCUT2D eigenvalue weighted by Gasteiger charge is 2.23. The van der Waals surface area contributed by atoms with Crippen LogP contribution in [0.4, 0.5) is 4.39 Å². The predicted octanol–water partition coefficient (Wildman–Crippen LogP) is 0.0375. The Bertz CT molecular complexity index is 134. The molecule has 1 saturated heterocycles. The number of aliphatic hydroxyl groups excluding tert-OH is 1. The Kier molecular flexibility index (Phi) is 3.91. The Hall–Kier alpha value is -0.190. The van der Waals surface area contributed by atoms with Crippen molar-refractivity contribution in [3.05, 3.63) is 0 Å². The van der Waals surface area contributed by atoms with Gasteiger partial charge in [-0.05, 0) is 6.92 Å². The molecular weight excluding hydrogens is 161 g/mol. The quantitative estimate of drug-likeness (QED) is 0.660. The first-order chi connectivity index (χ1) is 5.76. The molecule has 0 aromatic heterocycles. The molecule has 0 spiro atoms. The number of morpholine rings is 1. The number of alkyl halides is 1. The van der Waals surface area contributed by atoms with Crippen LogP contribution in [0.3, 0.4) is 0 Å². The number of nitrogens with zero attached hydrogens (tertiary/aromatic N) is 1. The molecule has 0 amide bonds. The first-order valence-electron chi connectivity index (χ1n) is 4.31. The summed E-state index contributed by atoms with van der Waals surface area (Å²) < 4.78 is 17.4. The van der Waals surface area contributed by atoms with Gasteiger partial charge in [-0.3, -0.25) is 4.90 Å². The fraction of sp³-hybridized carbons (Fsp3) is 1.00. The van der Waals surface area contributed by atoms with Crippen LogP contribution in [-0.2, 0) is 4.74 Å². The number of hydrogen-bond acceptors (Lipinski definition) is 3. The van der Waals surface area contributed by atoms with Crippen LogP contribution in [0.2, 0.25) is 0 Å². The lowest BCUT2D eigenvalue weighted by atomic mass is 10.2. The van der Waals surface area contributed by atoms with E-state index in [1.165, 1.54) is 0 Å². The first kappa shape index (κ1) is 9.89. The number of hydrogen-bond donors (Lipinski definition) is 1. The smallest absolute Gasteiger partial charge is 0.102 e. The summed E-state index contributed by atoms with van der Waals surface area (Å²) in [6.45, 7) is 3.49. The van der Waals surface area contributed by atoms with E-state index in [1.807, 2.05) is 11.8 Å². The molecule has 0 bridgehead atoms. The Morgan fingerprint density at radius 1 is 1.58 bits per heavy atom. The average molecular weight is 177 g/mol. The molecule has 4 heteroatoms. The molecule has 0 aliphatic carbocycles. The Morgan fingerprint density at radius 3 is 2.92 bits per heavy atom. The molecule has 1 heterocycles. The lowest BCUT2D eigenvalue weighted by Gasteiger charge is -2.35. The van der Waals surface area contributed by atoms with Crippen molar-refractivity contribution in [2.45, 2.75) is 19.1 Å². The third kappa shape index (κ3) is 2.69. The molecule has 0 radical (unpaired) electrons. The van der Waals surface area contributed by atoms with E-state index < -0.39 is 0 Å². The SMILES string of the molecule is CC1CN(CCF)CC(CO)O1. The average Bonchev–Trinajstić information content (AvgIpc) is 2.04. The van der Waals surface area contributed by atoms with Crippen molar-refractivity contribution in [1.82, 2.24) is 4.90 Å². The summed E-state index contributed by atoms with van der Waals surface area (Å²) in [6, 6.07) is 0. The zero-order chi connectivity index (χ0) is 8.97. The first-order valence-corrected chi connectivity index (χ1v) is 4.31. The summed E-state index contributed by atoms with van der Waals surface area (Å²) in [7, 11) is 0. The van der Waals surface area contributed by atoms with E-state index in [-0.39, 0.29) is 25.5 Å². The fourth-order valence-electron chi connectivity index (χ4n) is 1.54. The molecule has 0 saturated carbocycles. The van der Waals surface area contributed by atoms with E-state index in [0.29, 0.717) is 13.1 Å². The summed E-state index contributed by atoms with van der Waals surface area (Å²) in [6.07, 6.45) is -0.0391. The molecule has 3 nitrogen and oxygen atoms in total. The van der Waals surface area contributed by atoms with Crippen LogP contribution in [0.5, 0.6) is 0 Å². The summed E-state index contributed by atoms with van der Waals surface area (Å²) in [5.41, 5.74) is 0. The van der Waals surface area contributed by atoms with Crippen LogP contribution in [0.1, 0.15) is 6.92 Å². The van der Waals surface area contributed by atoms with E-state index in [9.17, 15) is 4.39 Å². The van der Waals surface area contributed by atoms with E-state index in [0.717, 1.165) is 6.54 Å². The summed E-state index contributed by atoms with van der Waals surface area (Å²) in [5, 5.41) is 8.85. The van der Waals surface area contributed by atoms with E-state index in [1.54, 1.807) is 0 Å². The molecule has 1 fully saturated rings. The van der Waals surface area contributed by atoms with Gasteiger partial charge in [-0.25, -0.2) is 4.39 Å². The second-order valence-corrected chi connectivity index (χ2v) is 3.20. The van der Waals surface area contributed by atoms with Gasteiger partial charge in [-0.1, -0.05) is 0 Å². The van der Waals surface area contributed by atoms with Gasteiger partial charge in [-0.15, -0.1) is 0 Å². The number of ether oxygens (including phenoxy) is 1. The van der Waals surface area contributed by atoms with Gasteiger partial charge in [0.25, 0.3) is 0 Å². The minimum absolute atomic E-state index is 0.0210. The van der Waals surface area contributed by atoms with Crippen molar-refractivity contribution < 1.29 is 14.2 Å². The third-order valence-corrected chi connectivity index (χ3v) is 2.01. The predicted molar refractivity (Wildman–Crippen MR) is 43.8 cm³/mol. The lowest BCUT2D eigenvalue weighted by Crippen LogP contribution is -2.48. The molecule has 1 rings (SSSR count). The summed E-state index contributed by atoms with van der Waals surface area (Å²) in [4.78, 5) is 1.98. The Morgan fingerprint density at radius 2 is 2.33 bits per heavy atom. The van der Waals surface area contributed by atoms with Crippen LogP contribution < -0.4 is 0 Å². The zero-order valence-electron chi connectivity index (χ0n) is 7.37. The molecule has 1 N–H and O–H groups in total. The van der Waals surface area contributed by atoms with Gasteiger partial charge in [0.1, 0.15) is 6.67 Å². The van der Waals surface area contributed by atoms with Gasteiger partial charge in [0.2, 0.25) is 0 Å². The summed E-state index contributed by atoms with van der Waals surface area (Å²) >= 11 is 0. The lowest BCUT2D eigenvalue weighted by molar-refractivity contribution is -0.0956. The maximum Gasteiger partial charge on any atom is 0.102 e. The molecule has 0 aromatic carbocycles. The molecular formula is C8H16FNO2. The van der Waals surface area contributed by atoms with Gasteiger partial charge in [0.15, 0.2) is 0 Å². The highest BCUT2D eigenvalue weighted by atomic mass is 19.1. The summed E-state index contributed by atoms with van der Waals surface area (Å²) in [5.74, 6) is 0. The van der Waals surface area contributed by atoms with Crippen molar-refractivity contribution >= 4 is 0 Å². The van der Waals surface area contributed by atoms with Crippen LogP contribution in [0.25, 0.3) is 0 Å². The fourth-order valence-corrected chi connectivity index (χ4v) is 1.54. The van der Waals surface area contributed by atoms with Gasteiger partial charge in [-0.2, -0.15) is 0 Å². The van der Waals surface area contributed by atoms with Crippen molar-refractivity contribution in [3.8, 4) is 0 Å². The maximum atomic E-state index is 12.0. The molecule has 0 aromatic rings. The standard InChI is InChI=1S/C8H16FNO2/c1-7-4-10(3-2-9)5-8(6-11)12-7/h7-8,11H,2-6H2,1H3. The Balaban J connectivity index is 2.34. The highest BCUT2D eigenvalue weighted by molar-refractivity contribution is 4.74. The normalized spacial score (nSPS) is 32.2. The number of halogens is 1. The van der Waals surface area contributed by atoms with E-state index in [2.05, 4.69) is 0 Å². The number of aliphatic hydroxyl groups is 1. The van der Waals surface area contributed by atoms with Crippen molar-refractivity contribution in [3.63, 3.8) is 0 Å². The van der Waals surface area contributed by atoms with Gasteiger partial charge in [0.05, 0.1) is 18.8 Å². The topological polar surface area (TPSA) is 32.7 Å². The highest BCUT2D eigenvalue weighted by Crippen LogP contribution is 2.09. The molecule has 1 aliphatic heterocycles. The van der Waals surface area contributed by atoms with Gasteiger partial charge >= 0.3 is 0 Å². The Labute approximate surface area is 72.1 Å².